The lowest BCUT2D eigenvalue weighted by Crippen LogP contribution is -2.28. The molecule has 0 bridgehead atoms. The Balaban J connectivity index is 2.01. The molecule has 1 fully saturated rings. The number of carbonyl (C=O) groups excluding carboxylic acids is 1. The molecule has 1 N–H and O–H groups in total. The molecule has 1 saturated carbocycles. The van der Waals surface area contributed by atoms with Gasteiger partial charge in [0, 0.05) is 3.57 Å². The van der Waals surface area contributed by atoms with Gasteiger partial charge in [-0.05, 0) is 66.5 Å². The molecule has 1 aliphatic carbocycles. The molecule has 0 aromatic heterocycles. The van der Waals surface area contributed by atoms with E-state index in [1.807, 2.05) is 22.6 Å². The molecular formula is C14H15F3INO2. The summed E-state index contributed by atoms with van der Waals surface area (Å²) in [4.78, 5) is 11.9. The monoisotopic (exact) mass is 413 g/mol. The molecule has 1 atom stereocenters. The first kappa shape index (κ1) is 16.5. The Morgan fingerprint density at radius 1 is 1.48 bits per heavy atom. The fourth-order valence-corrected chi connectivity index (χ4v) is 2.14. The second-order valence-electron chi connectivity index (χ2n) is 5.10. The van der Waals surface area contributed by atoms with Gasteiger partial charge in [-0.25, -0.2) is 0 Å². The highest BCUT2D eigenvalue weighted by Crippen LogP contribution is 2.33. The van der Waals surface area contributed by atoms with Gasteiger partial charge in [-0.15, -0.1) is 0 Å². The van der Waals surface area contributed by atoms with Gasteiger partial charge in [0.2, 0.25) is 0 Å². The molecule has 7 heteroatoms. The van der Waals surface area contributed by atoms with Gasteiger partial charge in [0.1, 0.15) is 6.10 Å². The average Bonchev–Trinajstić information content (AvgIpc) is 3.21. The third-order valence-corrected chi connectivity index (χ3v) is 4.14. The third kappa shape index (κ3) is 4.84. The molecule has 1 aromatic carbocycles. The first-order chi connectivity index (χ1) is 9.77. The summed E-state index contributed by atoms with van der Waals surface area (Å²) in [6.45, 7) is 2.12. The van der Waals surface area contributed by atoms with E-state index in [0.29, 0.717) is 16.1 Å². The van der Waals surface area contributed by atoms with Crippen molar-refractivity contribution < 1.29 is 22.7 Å². The van der Waals surface area contributed by atoms with Crippen LogP contribution in [0.5, 0.6) is 0 Å². The molecule has 3 nitrogen and oxygen atoms in total. The predicted octanol–water partition coefficient (Wildman–Crippen LogP) is 4.06. The van der Waals surface area contributed by atoms with Crippen LogP contribution in [0.2, 0.25) is 0 Å². The zero-order chi connectivity index (χ0) is 15.6. The second kappa shape index (κ2) is 6.51. The van der Waals surface area contributed by atoms with E-state index in [4.69, 9.17) is 4.74 Å². The molecular weight excluding hydrogens is 398 g/mol. The first-order valence-corrected chi connectivity index (χ1v) is 7.64. The van der Waals surface area contributed by atoms with Crippen LogP contribution in [0, 0.1) is 9.49 Å². The number of alkyl halides is 3. The summed E-state index contributed by atoms with van der Waals surface area (Å²) in [5.74, 6) is 0.0850. The van der Waals surface area contributed by atoms with E-state index in [-0.39, 0.29) is 5.69 Å². The molecule has 0 aliphatic heterocycles. The highest BCUT2D eigenvalue weighted by Gasteiger charge is 2.31. The maximum atomic E-state index is 12.7. The standard InChI is InChI=1S/C14H15F3INO2/c1-8(21-7-9-2-3-9)13(20)19-12-6-10(14(15,16)17)4-5-11(12)18/h4-6,8-9H,2-3,7H2,1H3,(H,19,20). The van der Waals surface area contributed by atoms with Crippen molar-refractivity contribution in [1.82, 2.24) is 0 Å². The molecule has 1 unspecified atom stereocenters. The number of carbonyl (C=O) groups is 1. The van der Waals surface area contributed by atoms with Crippen molar-refractivity contribution in [2.75, 3.05) is 11.9 Å². The zero-order valence-corrected chi connectivity index (χ0v) is 13.5. The van der Waals surface area contributed by atoms with E-state index >= 15 is 0 Å². The number of nitrogens with one attached hydrogen (secondary N) is 1. The molecule has 1 amide bonds. The number of rotatable bonds is 5. The number of benzene rings is 1. The summed E-state index contributed by atoms with van der Waals surface area (Å²) in [5.41, 5.74) is -0.637. The molecule has 1 aliphatic rings. The maximum absolute atomic E-state index is 12.7. The summed E-state index contributed by atoms with van der Waals surface area (Å²) in [7, 11) is 0. The number of halogens is 4. The van der Waals surface area contributed by atoms with Gasteiger partial charge in [0.15, 0.2) is 0 Å². The van der Waals surface area contributed by atoms with Crippen LogP contribution in [0.4, 0.5) is 18.9 Å². The van der Waals surface area contributed by atoms with Crippen molar-refractivity contribution in [2.24, 2.45) is 5.92 Å². The number of hydrogen-bond donors (Lipinski definition) is 1. The Morgan fingerprint density at radius 3 is 2.71 bits per heavy atom. The number of ether oxygens (including phenoxy) is 1. The Kier molecular flexibility index (Phi) is 5.13. The van der Waals surface area contributed by atoms with Crippen LogP contribution >= 0.6 is 22.6 Å². The normalized spacial score (nSPS) is 16.6. The van der Waals surface area contributed by atoms with Gasteiger partial charge in [-0.1, -0.05) is 0 Å². The van der Waals surface area contributed by atoms with Crippen molar-refractivity contribution in [3.8, 4) is 0 Å². The molecule has 0 spiro atoms. The topological polar surface area (TPSA) is 38.3 Å². The second-order valence-corrected chi connectivity index (χ2v) is 6.26. The van der Waals surface area contributed by atoms with Crippen LogP contribution in [0.15, 0.2) is 18.2 Å². The number of amides is 1. The van der Waals surface area contributed by atoms with E-state index in [0.717, 1.165) is 25.0 Å². The van der Waals surface area contributed by atoms with Crippen LogP contribution in [0.3, 0.4) is 0 Å². The number of hydrogen-bond acceptors (Lipinski definition) is 2. The van der Waals surface area contributed by atoms with Crippen molar-refractivity contribution in [3.63, 3.8) is 0 Å². The molecule has 0 radical (unpaired) electrons. The molecule has 0 heterocycles. The SMILES string of the molecule is CC(OCC1CC1)C(=O)Nc1cc(C(F)(F)F)ccc1I. The maximum Gasteiger partial charge on any atom is 0.416 e. The molecule has 1 aromatic rings. The summed E-state index contributed by atoms with van der Waals surface area (Å²) in [6, 6.07) is 3.26. The Labute approximate surface area is 134 Å². The van der Waals surface area contributed by atoms with Crippen molar-refractivity contribution in [3.05, 3.63) is 27.3 Å². The van der Waals surface area contributed by atoms with E-state index in [2.05, 4.69) is 5.32 Å². The van der Waals surface area contributed by atoms with E-state index in [1.54, 1.807) is 6.92 Å². The lowest BCUT2D eigenvalue weighted by Gasteiger charge is -2.15. The summed E-state index contributed by atoms with van der Waals surface area (Å²) in [6.07, 6.45) is -2.89. The highest BCUT2D eigenvalue weighted by molar-refractivity contribution is 14.1. The highest BCUT2D eigenvalue weighted by atomic mass is 127. The van der Waals surface area contributed by atoms with Crippen LogP contribution in [-0.4, -0.2) is 18.6 Å². The Bertz CT molecular complexity index is 529. The van der Waals surface area contributed by atoms with Crippen molar-refractivity contribution >= 4 is 34.2 Å². The van der Waals surface area contributed by atoms with Crippen LogP contribution in [0.1, 0.15) is 25.3 Å². The third-order valence-electron chi connectivity index (χ3n) is 3.20. The van der Waals surface area contributed by atoms with Crippen LogP contribution in [0.25, 0.3) is 0 Å². The van der Waals surface area contributed by atoms with Gasteiger partial charge in [-0.3, -0.25) is 4.79 Å². The number of anilines is 1. The minimum atomic E-state index is -4.43. The van der Waals surface area contributed by atoms with Gasteiger partial charge < -0.3 is 10.1 Å². The van der Waals surface area contributed by atoms with Gasteiger partial charge in [0.25, 0.3) is 5.91 Å². The zero-order valence-electron chi connectivity index (χ0n) is 11.3. The Hall–Kier alpha value is -0.830. The fourth-order valence-electron chi connectivity index (χ4n) is 1.67. The molecule has 0 saturated heterocycles. The predicted molar refractivity (Wildman–Crippen MR) is 80.9 cm³/mol. The largest absolute Gasteiger partial charge is 0.416 e. The van der Waals surface area contributed by atoms with E-state index in [1.165, 1.54) is 6.07 Å². The van der Waals surface area contributed by atoms with Crippen molar-refractivity contribution in [1.29, 1.82) is 0 Å². The quantitative estimate of drug-likeness (QED) is 0.740. The smallest absolute Gasteiger partial charge is 0.368 e. The molecule has 2 rings (SSSR count). The summed E-state index contributed by atoms with van der Waals surface area (Å²) in [5, 5.41) is 2.50. The minimum Gasteiger partial charge on any atom is -0.368 e. The summed E-state index contributed by atoms with van der Waals surface area (Å²) < 4.78 is 44.0. The van der Waals surface area contributed by atoms with Gasteiger partial charge in [-0.2, -0.15) is 13.2 Å². The lowest BCUT2D eigenvalue weighted by molar-refractivity contribution is -0.137. The van der Waals surface area contributed by atoms with E-state index < -0.39 is 23.8 Å². The average molecular weight is 413 g/mol. The van der Waals surface area contributed by atoms with Gasteiger partial charge >= 0.3 is 6.18 Å². The summed E-state index contributed by atoms with van der Waals surface area (Å²) >= 11 is 1.88. The Morgan fingerprint density at radius 2 is 2.14 bits per heavy atom. The lowest BCUT2D eigenvalue weighted by atomic mass is 10.2. The fraction of sp³-hybridized carbons (Fsp3) is 0.500. The first-order valence-electron chi connectivity index (χ1n) is 6.56. The van der Waals surface area contributed by atoms with Crippen LogP contribution in [-0.2, 0) is 15.7 Å². The minimum absolute atomic E-state index is 0.150. The molecule has 21 heavy (non-hydrogen) atoms. The van der Waals surface area contributed by atoms with E-state index in [9.17, 15) is 18.0 Å². The van der Waals surface area contributed by atoms with Gasteiger partial charge in [0.05, 0.1) is 17.9 Å². The van der Waals surface area contributed by atoms with Crippen molar-refractivity contribution in [2.45, 2.75) is 32.0 Å². The molecule has 116 valence electrons. The van der Waals surface area contributed by atoms with Crippen LogP contribution < -0.4 is 5.32 Å².